The second-order valence-corrected chi connectivity index (χ2v) is 8.46. The summed E-state index contributed by atoms with van der Waals surface area (Å²) in [5, 5.41) is 0. The Bertz CT molecular complexity index is 648. The first-order valence-corrected chi connectivity index (χ1v) is 9.47. The topological polar surface area (TPSA) is 29.5 Å². The average Bonchev–Trinajstić information content (AvgIpc) is 2.46. The number of fused-ring (bicyclic) bond motifs is 2. The van der Waals surface area contributed by atoms with Crippen molar-refractivity contribution in [2.45, 2.75) is 56.8 Å². The zero-order valence-electron chi connectivity index (χ0n) is 14.9. The normalized spacial score (nSPS) is 18.7. The highest BCUT2D eigenvalue weighted by Gasteiger charge is 2.44. The number of carbonyl (C=O) groups excluding carboxylic acids is 1. The molecule has 1 aromatic rings. The Kier molecular flexibility index (Phi) is 4.49. The van der Waals surface area contributed by atoms with Crippen molar-refractivity contribution in [1.29, 1.82) is 0 Å². The van der Waals surface area contributed by atoms with E-state index in [1.807, 2.05) is 30.8 Å². The quantitative estimate of drug-likeness (QED) is 0.618. The van der Waals surface area contributed by atoms with E-state index < -0.39 is 0 Å². The van der Waals surface area contributed by atoms with Crippen LogP contribution in [0.3, 0.4) is 0 Å². The number of benzene rings is 1. The van der Waals surface area contributed by atoms with Gasteiger partial charge in [-0.15, -0.1) is 11.8 Å². The molecule has 1 aliphatic heterocycles. The van der Waals surface area contributed by atoms with Gasteiger partial charge in [-0.3, -0.25) is 9.69 Å². The van der Waals surface area contributed by atoms with Gasteiger partial charge in [-0.25, -0.2) is 0 Å². The van der Waals surface area contributed by atoms with Crippen LogP contribution in [0.15, 0.2) is 4.90 Å². The Labute approximate surface area is 143 Å². The Morgan fingerprint density at radius 1 is 1.13 bits per heavy atom. The predicted octanol–water partition coefficient (Wildman–Crippen LogP) is 4.00. The van der Waals surface area contributed by atoms with Crippen LogP contribution in [0.4, 0.5) is 0 Å². The molecule has 0 unspecified atom stereocenters. The van der Waals surface area contributed by atoms with Crippen LogP contribution >= 0.6 is 11.8 Å². The molecule has 0 amide bonds. The summed E-state index contributed by atoms with van der Waals surface area (Å²) in [7, 11) is 3.78. The van der Waals surface area contributed by atoms with Crippen LogP contribution in [0.25, 0.3) is 0 Å². The molecule has 1 aliphatic carbocycles. The van der Waals surface area contributed by atoms with Gasteiger partial charge in [-0.05, 0) is 87.6 Å². The number of rotatable bonds is 3. The molecule has 0 radical (unpaired) electrons. The lowest BCUT2D eigenvalue weighted by Gasteiger charge is -2.47. The molecule has 1 saturated carbocycles. The molecule has 1 heterocycles. The van der Waals surface area contributed by atoms with Crippen molar-refractivity contribution in [3.8, 4) is 5.75 Å². The van der Waals surface area contributed by atoms with Crippen LogP contribution in [-0.2, 0) is 10.2 Å². The van der Waals surface area contributed by atoms with E-state index in [4.69, 9.17) is 4.74 Å². The van der Waals surface area contributed by atoms with Gasteiger partial charge in [-0.2, -0.15) is 0 Å². The van der Waals surface area contributed by atoms with Crippen LogP contribution in [0.1, 0.15) is 47.9 Å². The lowest BCUT2D eigenvalue weighted by Crippen LogP contribution is -2.38. The van der Waals surface area contributed by atoms with E-state index in [0.717, 1.165) is 11.3 Å². The average molecular weight is 333 g/mol. The van der Waals surface area contributed by atoms with Crippen molar-refractivity contribution in [1.82, 2.24) is 4.90 Å². The van der Waals surface area contributed by atoms with Gasteiger partial charge in [0, 0.05) is 4.90 Å². The molecule has 0 bridgehead atoms. The molecule has 3 rings (SSSR count). The second kappa shape index (κ2) is 6.14. The minimum Gasteiger partial charge on any atom is -0.425 e. The highest BCUT2D eigenvalue weighted by atomic mass is 32.2. The SMILES string of the molecule is Cc1c(C)c2c(c(C)c1OC(=O)CN(C)C)C1(CCC1)CCS2. The van der Waals surface area contributed by atoms with Crippen LogP contribution in [0.5, 0.6) is 5.75 Å². The number of esters is 1. The summed E-state index contributed by atoms with van der Waals surface area (Å²) in [5.41, 5.74) is 5.45. The zero-order chi connectivity index (χ0) is 16.8. The number of likely N-dealkylation sites (N-methyl/N-ethyl adjacent to an activating group) is 1. The van der Waals surface area contributed by atoms with Gasteiger partial charge in [0.2, 0.25) is 0 Å². The Morgan fingerprint density at radius 2 is 1.83 bits per heavy atom. The monoisotopic (exact) mass is 333 g/mol. The predicted molar refractivity (Wildman–Crippen MR) is 95.7 cm³/mol. The van der Waals surface area contributed by atoms with Gasteiger partial charge in [-0.1, -0.05) is 6.42 Å². The number of hydrogen-bond donors (Lipinski definition) is 0. The maximum Gasteiger partial charge on any atom is 0.325 e. The van der Waals surface area contributed by atoms with E-state index in [2.05, 4.69) is 20.8 Å². The van der Waals surface area contributed by atoms with Crippen LogP contribution in [0.2, 0.25) is 0 Å². The molecule has 1 fully saturated rings. The molecule has 1 aromatic carbocycles. The minimum absolute atomic E-state index is 0.174. The van der Waals surface area contributed by atoms with E-state index >= 15 is 0 Å². The lowest BCUT2D eigenvalue weighted by molar-refractivity contribution is -0.135. The van der Waals surface area contributed by atoms with Crippen molar-refractivity contribution in [3.63, 3.8) is 0 Å². The molecule has 2 aliphatic rings. The van der Waals surface area contributed by atoms with Gasteiger partial charge in [0.05, 0.1) is 6.54 Å². The molecule has 0 aromatic heterocycles. The van der Waals surface area contributed by atoms with Gasteiger partial charge >= 0.3 is 5.97 Å². The van der Waals surface area contributed by atoms with Crippen LogP contribution in [0, 0.1) is 20.8 Å². The number of ether oxygens (including phenoxy) is 1. The first kappa shape index (κ1) is 16.8. The summed E-state index contributed by atoms with van der Waals surface area (Å²) in [6, 6.07) is 0. The maximum absolute atomic E-state index is 12.2. The fourth-order valence-corrected chi connectivity index (χ4v) is 5.63. The fourth-order valence-electron chi connectivity index (χ4n) is 4.05. The molecule has 0 saturated heterocycles. The third kappa shape index (κ3) is 2.80. The van der Waals surface area contributed by atoms with Crippen molar-refractivity contribution in [3.05, 3.63) is 22.3 Å². The van der Waals surface area contributed by atoms with E-state index in [-0.39, 0.29) is 5.97 Å². The molecule has 3 nitrogen and oxygen atoms in total. The molecular formula is C19H27NO2S. The van der Waals surface area contributed by atoms with Crippen LogP contribution < -0.4 is 4.74 Å². The fraction of sp³-hybridized carbons (Fsp3) is 0.632. The Morgan fingerprint density at radius 3 is 2.39 bits per heavy atom. The van der Waals surface area contributed by atoms with Gasteiger partial charge in [0.1, 0.15) is 5.75 Å². The van der Waals surface area contributed by atoms with Gasteiger partial charge in [0.15, 0.2) is 0 Å². The minimum atomic E-state index is -0.174. The second-order valence-electron chi connectivity index (χ2n) is 7.35. The third-order valence-corrected chi connectivity index (χ3v) is 6.72. The zero-order valence-corrected chi connectivity index (χ0v) is 15.7. The van der Waals surface area contributed by atoms with Crippen molar-refractivity contribution in [2.24, 2.45) is 0 Å². The highest BCUT2D eigenvalue weighted by Crippen LogP contribution is 2.57. The maximum atomic E-state index is 12.2. The molecule has 126 valence electrons. The summed E-state index contributed by atoms with van der Waals surface area (Å²) in [4.78, 5) is 15.5. The Balaban J connectivity index is 2.06. The van der Waals surface area contributed by atoms with Crippen molar-refractivity contribution in [2.75, 3.05) is 26.4 Å². The van der Waals surface area contributed by atoms with E-state index in [0.29, 0.717) is 12.0 Å². The number of hydrogen-bond acceptors (Lipinski definition) is 4. The largest absolute Gasteiger partial charge is 0.425 e. The molecule has 23 heavy (non-hydrogen) atoms. The van der Waals surface area contributed by atoms with Crippen molar-refractivity contribution >= 4 is 17.7 Å². The summed E-state index contributed by atoms with van der Waals surface area (Å²) in [6.45, 7) is 6.73. The molecule has 4 heteroatoms. The lowest BCUT2D eigenvalue weighted by atomic mass is 9.61. The first-order chi connectivity index (χ1) is 10.9. The number of nitrogens with zero attached hydrogens (tertiary/aromatic N) is 1. The molecule has 0 N–H and O–H groups in total. The van der Waals surface area contributed by atoms with Crippen LogP contribution in [-0.4, -0.2) is 37.3 Å². The van der Waals surface area contributed by atoms with E-state index in [1.54, 1.807) is 0 Å². The Hall–Kier alpha value is -1.000. The smallest absolute Gasteiger partial charge is 0.325 e. The van der Waals surface area contributed by atoms with E-state index in [9.17, 15) is 4.79 Å². The third-order valence-electron chi connectivity index (χ3n) is 5.52. The first-order valence-electron chi connectivity index (χ1n) is 8.48. The molecular weight excluding hydrogens is 306 g/mol. The highest BCUT2D eigenvalue weighted by molar-refractivity contribution is 7.99. The van der Waals surface area contributed by atoms with Gasteiger partial charge in [0.25, 0.3) is 0 Å². The summed E-state index contributed by atoms with van der Waals surface area (Å²) in [5.74, 6) is 1.85. The number of thioether (sulfide) groups is 1. The molecule has 1 spiro atoms. The summed E-state index contributed by atoms with van der Waals surface area (Å²) < 4.78 is 5.81. The molecule has 0 atom stereocenters. The van der Waals surface area contributed by atoms with E-state index in [1.165, 1.54) is 53.0 Å². The summed E-state index contributed by atoms with van der Waals surface area (Å²) in [6.07, 6.45) is 5.16. The van der Waals surface area contributed by atoms with Crippen molar-refractivity contribution < 1.29 is 9.53 Å². The standard InChI is InChI=1S/C19H27NO2S/c1-12-13(2)18-16(19(7-6-8-19)9-10-23-18)14(3)17(12)22-15(21)11-20(4)5/h6-11H2,1-5H3. The number of carbonyl (C=O) groups is 1. The summed E-state index contributed by atoms with van der Waals surface area (Å²) >= 11 is 1.98. The van der Waals surface area contributed by atoms with Gasteiger partial charge < -0.3 is 4.74 Å².